The smallest absolute Gasteiger partial charge is 0.270 e. The fourth-order valence-corrected chi connectivity index (χ4v) is 5.04. The molecule has 0 radical (unpaired) electrons. The van der Waals surface area contributed by atoms with Crippen molar-refractivity contribution in [3.63, 3.8) is 0 Å². The van der Waals surface area contributed by atoms with Gasteiger partial charge in [-0.1, -0.05) is 72.8 Å². The molecule has 3 aromatic carbocycles. The van der Waals surface area contributed by atoms with Gasteiger partial charge in [0.25, 0.3) is 5.91 Å². The van der Waals surface area contributed by atoms with Gasteiger partial charge in [0.1, 0.15) is 11.4 Å². The van der Waals surface area contributed by atoms with Crippen LogP contribution in [-0.2, 0) is 6.54 Å². The second kappa shape index (κ2) is 11.5. The topological polar surface area (TPSA) is 37.7 Å². The van der Waals surface area contributed by atoms with Crippen molar-refractivity contribution in [3.8, 4) is 5.75 Å². The van der Waals surface area contributed by atoms with Gasteiger partial charge in [-0.3, -0.25) is 9.69 Å². The highest BCUT2D eigenvalue weighted by Crippen LogP contribution is 2.31. The number of aromatic nitrogens is 1. The van der Waals surface area contributed by atoms with E-state index in [1.165, 1.54) is 16.7 Å². The largest absolute Gasteiger partial charge is 0.493 e. The summed E-state index contributed by atoms with van der Waals surface area (Å²) >= 11 is 0. The van der Waals surface area contributed by atoms with Crippen molar-refractivity contribution in [3.05, 3.63) is 107 Å². The average molecular weight is 494 g/mol. The summed E-state index contributed by atoms with van der Waals surface area (Å²) in [4.78, 5) is 18.3. The molecule has 1 aliphatic rings. The van der Waals surface area contributed by atoms with E-state index in [0.717, 1.165) is 55.1 Å². The summed E-state index contributed by atoms with van der Waals surface area (Å²) in [6, 6.07) is 26.9. The van der Waals surface area contributed by atoms with Gasteiger partial charge < -0.3 is 14.2 Å². The first-order valence-corrected chi connectivity index (χ1v) is 13.2. The molecular formula is C32H35N3O2. The van der Waals surface area contributed by atoms with Crippen molar-refractivity contribution in [2.45, 2.75) is 20.4 Å². The minimum absolute atomic E-state index is 0.0895. The highest BCUT2D eigenvalue weighted by Gasteiger charge is 2.26. The monoisotopic (exact) mass is 493 g/mol. The molecule has 5 nitrogen and oxygen atoms in total. The van der Waals surface area contributed by atoms with Gasteiger partial charge in [0.15, 0.2) is 0 Å². The lowest BCUT2D eigenvalue weighted by molar-refractivity contribution is 0.0640. The van der Waals surface area contributed by atoms with Crippen molar-refractivity contribution in [2.24, 2.45) is 0 Å². The predicted molar refractivity (Wildman–Crippen MR) is 151 cm³/mol. The number of carbonyl (C=O) groups is 1. The number of nitrogens with zero attached hydrogens (tertiary/aromatic N) is 3. The molecule has 1 aliphatic heterocycles. The molecule has 1 fully saturated rings. The Morgan fingerprint density at radius 2 is 1.68 bits per heavy atom. The zero-order valence-electron chi connectivity index (χ0n) is 21.8. The van der Waals surface area contributed by atoms with Crippen LogP contribution in [0.1, 0.15) is 34.1 Å². The third-order valence-corrected chi connectivity index (χ3v) is 7.15. The SMILES string of the molecule is CCOc1cccc2c1cc(C(=O)N1CCN(C/C=C/c3ccccc3)CC1)n2Cc1ccccc1C. The van der Waals surface area contributed by atoms with Crippen LogP contribution >= 0.6 is 0 Å². The molecule has 0 atom stereocenters. The number of ether oxygens (including phenoxy) is 1. The van der Waals surface area contributed by atoms with E-state index in [0.29, 0.717) is 13.2 Å². The quantitative estimate of drug-likeness (QED) is 0.308. The molecule has 1 aromatic heterocycles. The molecule has 5 rings (SSSR count). The zero-order valence-corrected chi connectivity index (χ0v) is 21.8. The number of hydrogen-bond donors (Lipinski definition) is 0. The van der Waals surface area contributed by atoms with Gasteiger partial charge in [0.05, 0.1) is 12.1 Å². The first kappa shape index (κ1) is 24.8. The van der Waals surface area contributed by atoms with E-state index in [4.69, 9.17) is 4.74 Å². The Morgan fingerprint density at radius 3 is 2.43 bits per heavy atom. The number of fused-ring (bicyclic) bond motifs is 1. The lowest BCUT2D eigenvalue weighted by atomic mass is 10.1. The first-order chi connectivity index (χ1) is 18.1. The number of benzene rings is 3. The second-order valence-electron chi connectivity index (χ2n) is 9.57. The maximum Gasteiger partial charge on any atom is 0.270 e. The predicted octanol–water partition coefficient (Wildman–Crippen LogP) is 5.87. The summed E-state index contributed by atoms with van der Waals surface area (Å²) in [5, 5.41) is 0.992. The maximum absolute atomic E-state index is 13.9. The van der Waals surface area contributed by atoms with Crippen LogP contribution < -0.4 is 4.74 Å². The van der Waals surface area contributed by atoms with Gasteiger partial charge >= 0.3 is 0 Å². The summed E-state index contributed by atoms with van der Waals surface area (Å²) < 4.78 is 8.08. The van der Waals surface area contributed by atoms with E-state index in [2.05, 4.69) is 83.1 Å². The van der Waals surface area contributed by atoms with Crippen molar-refractivity contribution in [1.82, 2.24) is 14.4 Å². The Morgan fingerprint density at radius 1 is 0.919 bits per heavy atom. The van der Waals surface area contributed by atoms with Crippen LogP contribution in [0.2, 0.25) is 0 Å². The Kier molecular flexibility index (Phi) is 7.71. The molecule has 0 saturated carbocycles. The summed E-state index contributed by atoms with van der Waals surface area (Å²) in [5.74, 6) is 0.916. The molecule has 0 spiro atoms. The third-order valence-electron chi connectivity index (χ3n) is 7.15. The van der Waals surface area contributed by atoms with E-state index in [-0.39, 0.29) is 5.91 Å². The van der Waals surface area contributed by atoms with Gasteiger partial charge in [0.2, 0.25) is 0 Å². The fraction of sp³-hybridized carbons (Fsp3) is 0.281. The summed E-state index contributed by atoms with van der Waals surface area (Å²) in [7, 11) is 0. The highest BCUT2D eigenvalue weighted by molar-refractivity contribution is 6.00. The van der Waals surface area contributed by atoms with Crippen LogP contribution in [0.25, 0.3) is 17.0 Å². The Labute approximate surface area is 219 Å². The molecule has 4 aromatic rings. The van der Waals surface area contributed by atoms with Crippen LogP contribution in [-0.4, -0.2) is 59.6 Å². The number of piperazine rings is 1. The normalized spacial score (nSPS) is 14.5. The lowest BCUT2D eigenvalue weighted by Gasteiger charge is -2.34. The molecule has 0 bridgehead atoms. The van der Waals surface area contributed by atoms with Crippen molar-refractivity contribution < 1.29 is 9.53 Å². The van der Waals surface area contributed by atoms with Gasteiger partial charge in [-0.05, 0) is 48.7 Å². The number of aryl methyl sites for hydroxylation is 1. The number of amides is 1. The molecule has 0 unspecified atom stereocenters. The van der Waals surface area contributed by atoms with E-state index in [1.807, 2.05) is 36.1 Å². The van der Waals surface area contributed by atoms with Gasteiger partial charge in [0, 0.05) is 44.7 Å². The molecule has 2 heterocycles. The molecule has 0 N–H and O–H groups in total. The first-order valence-electron chi connectivity index (χ1n) is 13.2. The number of rotatable bonds is 8. The van der Waals surface area contributed by atoms with Crippen molar-refractivity contribution in [1.29, 1.82) is 0 Å². The van der Waals surface area contributed by atoms with Crippen molar-refractivity contribution in [2.75, 3.05) is 39.3 Å². The van der Waals surface area contributed by atoms with E-state index < -0.39 is 0 Å². The summed E-state index contributed by atoms with van der Waals surface area (Å²) in [5.41, 5.74) is 5.40. The van der Waals surface area contributed by atoms with Gasteiger partial charge in [-0.15, -0.1) is 0 Å². The van der Waals surface area contributed by atoms with E-state index in [9.17, 15) is 4.79 Å². The Balaban J connectivity index is 1.35. The molecule has 190 valence electrons. The van der Waals surface area contributed by atoms with Crippen LogP contribution in [0.3, 0.4) is 0 Å². The maximum atomic E-state index is 13.9. The minimum atomic E-state index is 0.0895. The van der Waals surface area contributed by atoms with Crippen LogP contribution in [0.4, 0.5) is 0 Å². The van der Waals surface area contributed by atoms with Crippen LogP contribution in [0, 0.1) is 6.92 Å². The van der Waals surface area contributed by atoms with Crippen LogP contribution in [0.15, 0.2) is 84.9 Å². The van der Waals surface area contributed by atoms with E-state index in [1.54, 1.807) is 0 Å². The Bertz CT molecular complexity index is 1380. The molecule has 5 heteroatoms. The average Bonchev–Trinajstić information content (AvgIpc) is 3.30. The van der Waals surface area contributed by atoms with Crippen LogP contribution in [0.5, 0.6) is 5.75 Å². The van der Waals surface area contributed by atoms with Gasteiger partial charge in [-0.2, -0.15) is 0 Å². The summed E-state index contributed by atoms with van der Waals surface area (Å²) in [6.07, 6.45) is 4.37. The molecular weight excluding hydrogens is 458 g/mol. The lowest BCUT2D eigenvalue weighted by Crippen LogP contribution is -2.49. The fourth-order valence-electron chi connectivity index (χ4n) is 5.04. The van der Waals surface area contributed by atoms with Gasteiger partial charge in [-0.25, -0.2) is 0 Å². The summed E-state index contributed by atoms with van der Waals surface area (Å²) in [6.45, 7) is 9.43. The third kappa shape index (κ3) is 5.62. The standard InChI is InChI=1S/C32H35N3O2/c1-3-37-31-17-9-16-29-28(31)23-30(35(29)24-27-15-8-7-11-25(27)2)32(36)34-21-19-33(20-22-34)18-10-14-26-12-5-4-6-13-26/h4-17,23H,3,18-22,24H2,1-2H3/b14-10+. The number of hydrogen-bond acceptors (Lipinski definition) is 3. The molecule has 37 heavy (non-hydrogen) atoms. The van der Waals surface area contributed by atoms with Crippen molar-refractivity contribution >= 4 is 22.9 Å². The number of carbonyl (C=O) groups excluding carboxylic acids is 1. The second-order valence-corrected chi connectivity index (χ2v) is 9.57. The van der Waals surface area contributed by atoms with E-state index >= 15 is 0 Å². The molecule has 1 amide bonds. The Hall–Kier alpha value is -3.83. The minimum Gasteiger partial charge on any atom is -0.493 e. The zero-order chi connectivity index (χ0) is 25.6. The molecule has 1 saturated heterocycles. The highest BCUT2D eigenvalue weighted by atomic mass is 16.5. The molecule has 0 aliphatic carbocycles.